The molecule has 4 rings (SSSR count). The predicted molar refractivity (Wildman–Crippen MR) is 128 cm³/mol. The van der Waals surface area contributed by atoms with E-state index in [-0.39, 0.29) is 16.8 Å². The maximum Gasteiger partial charge on any atom is 0.256 e. The minimum absolute atomic E-state index is 0.150. The van der Waals surface area contributed by atoms with E-state index in [1.807, 2.05) is 19.2 Å². The molecular weight excluding hydrogens is 457 g/mol. The van der Waals surface area contributed by atoms with Gasteiger partial charge in [-0.3, -0.25) is 9.36 Å². The number of nitrogens with one attached hydrogen (secondary N) is 1. The molecule has 2 N–H and O–H groups in total. The van der Waals surface area contributed by atoms with Crippen LogP contribution in [0.3, 0.4) is 0 Å². The van der Waals surface area contributed by atoms with Gasteiger partial charge in [0.15, 0.2) is 37.7 Å². The summed E-state index contributed by atoms with van der Waals surface area (Å²) in [4.78, 5) is 25.5. The normalized spacial score (nSPS) is 23.4. The fraction of sp³-hybridized carbons (Fsp3) is 0.478. The van der Waals surface area contributed by atoms with Crippen LogP contribution in [-0.2, 0) is 9.16 Å². The second-order valence-corrected chi connectivity index (χ2v) is 14.7. The molecule has 2 aromatic heterocycles. The number of amides is 1. The Morgan fingerprint density at radius 1 is 1.24 bits per heavy atom. The number of hydrogen-bond acceptors (Lipinski definition) is 7. The van der Waals surface area contributed by atoms with Gasteiger partial charge in [0.1, 0.15) is 18.5 Å². The quantitative estimate of drug-likeness (QED) is 0.510. The first-order chi connectivity index (χ1) is 16.0. The second-order valence-electron chi connectivity index (χ2n) is 9.90. The number of fused-ring (bicyclic) bond motifs is 1. The lowest BCUT2D eigenvalue weighted by molar-refractivity contribution is -0.0473. The molecule has 0 radical (unpaired) electrons. The lowest BCUT2D eigenvalue weighted by Crippen LogP contribution is -2.47. The summed E-state index contributed by atoms with van der Waals surface area (Å²) in [5.41, 5.74) is 1.17. The predicted octanol–water partition coefficient (Wildman–Crippen LogP) is 3.70. The van der Waals surface area contributed by atoms with E-state index >= 15 is 4.39 Å². The summed E-state index contributed by atoms with van der Waals surface area (Å²) in [5.74, 6) is -0.108. The number of rotatable bonds is 6. The Balaban J connectivity index is 1.68. The molecule has 182 valence electrons. The number of aliphatic hydroxyl groups excluding tert-OH is 1. The standard InChI is InChI=1S/C23H30FN5O4Si/c1-23(2,3)34(4,5)33-18-16(24)15(11-30)32-22(18)29-13-27-17-19(25-12-26-20(17)29)28-21(31)14-9-7-6-8-10-14/h6-10,12-13,15-16,18,22,30H,11H2,1-5H3,(H,25,26,28,31)/t15-,16-,18-,22-/m1/s1. The lowest BCUT2D eigenvalue weighted by Gasteiger charge is -2.39. The number of ether oxygens (including phenoxy) is 1. The zero-order chi connectivity index (χ0) is 24.7. The highest BCUT2D eigenvalue weighted by molar-refractivity contribution is 6.74. The highest BCUT2D eigenvalue weighted by Gasteiger charge is 2.51. The summed E-state index contributed by atoms with van der Waals surface area (Å²) in [6, 6.07) is 8.74. The van der Waals surface area contributed by atoms with Crippen LogP contribution in [0.5, 0.6) is 0 Å². The zero-order valence-electron chi connectivity index (χ0n) is 19.9. The van der Waals surface area contributed by atoms with Gasteiger partial charge < -0.3 is 19.6 Å². The van der Waals surface area contributed by atoms with Gasteiger partial charge >= 0.3 is 0 Å². The van der Waals surface area contributed by atoms with E-state index in [9.17, 15) is 9.90 Å². The van der Waals surface area contributed by atoms with Gasteiger partial charge in [-0.25, -0.2) is 19.3 Å². The molecule has 0 spiro atoms. The summed E-state index contributed by atoms with van der Waals surface area (Å²) in [6.07, 6.45) is -1.63. The van der Waals surface area contributed by atoms with Gasteiger partial charge in [-0.2, -0.15) is 0 Å². The molecule has 3 aromatic rings. The van der Waals surface area contributed by atoms with Crippen molar-refractivity contribution in [2.45, 2.75) is 63.5 Å². The first-order valence-corrected chi connectivity index (χ1v) is 14.1. The Hall–Kier alpha value is -2.73. The van der Waals surface area contributed by atoms with Gasteiger partial charge in [-0.1, -0.05) is 39.0 Å². The molecule has 11 heteroatoms. The van der Waals surface area contributed by atoms with E-state index in [1.165, 1.54) is 12.7 Å². The summed E-state index contributed by atoms with van der Waals surface area (Å²) in [5, 5.41) is 12.3. The summed E-state index contributed by atoms with van der Waals surface area (Å²) in [7, 11) is -2.37. The Bertz CT molecular complexity index is 1170. The van der Waals surface area contributed by atoms with Crippen molar-refractivity contribution < 1.29 is 23.5 Å². The Morgan fingerprint density at radius 3 is 2.59 bits per heavy atom. The van der Waals surface area contributed by atoms with Crippen LogP contribution >= 0.6 is 0 Å². The number of hydrogen-bond donors (Lipinski definition) is 2. The minimum Gasteiger partial charge on any atom is -0.406 e. The third-order valence-electron chi connectivity index (χ3n) is 6.58. The Kier molecular flexibility index (Phi) is 6.56. The van der Waals surface area contributed by atoms with Crippen LogP contribution < -0.4 is 5.32 Å². The number of anilines is 1. The largest absolute Gasteiger partial charge is 0.406 e. The van der Waals surface area contributed by atoms with Crippen molar-refractivity contribution in [2.75, 3.05) is 11.9 Å². The van der Waals surface area contributed by atoms with Crippen molar-refractivity contribution in [2.24, 2.45) is 0 Å². The number of aliphatic hydroxyl groups is 1. The van der Waals surface area contributed by atoms with Crippen molar-refractivity contribution in [3.63, 3.8) is 0 Å². The van der Waals surface area contributed by atoms with E-state index in [4.69, 9.17) is 9.16 Å². The summed E-state index contributed by atoms with van der Waals surface area (Å²) < 4.78 is 29.2. The zero-order valence-corrected chi connectivity index (χ0v) is 20.9. The van der Waals surface area contributed by atoms with Crippen molar-refractivity contribution in [3.05, 3.63) is 48.5 Å². The van der Waals surface area contributed by atoms with Crippen molar-refractivity contribution >= 4 is 31.2 Å². The van der Waals surface area contributed by atoms with Crippen LogP contribution in [0.15, 0.2) is 43.0 Å². The molecule has 1 aliphatic heterocycles. The molecule has 4 atom stereocenters. The number of benzene rings is 1. The van der Waals surface area contributed by atoms with Crippen LogP contribution in [-0.4, -0.2) is 63.8 Å². The third-order valence-corrected chi connectivity index (χ3v) is 11.1. The Labute approximate surface area is 198 Å². The highest BCUT2D eigenvalue weighted by atomic mass is 28.4. The number of imidazole rings is 1. The first kappa shape index (κ1) is 24.4. The molecule has 0 bridgehead atoms. The van der Waals surface area contributed by atoms with Crippen molar-refractivity contribution in [1.29, 1.82) is 0 Å². The molecule has 1 amide bonds. The molecule has 0 unspecified atom stereocenters. The van der Waals surface area contributed by atoms with E-state index in [0.717, 1.165) is 0 Å². The lowest BCUT2D eigenvalue weighted by atomic mass is 10.1. The smallest absolute Gasteiger partial charge is 0.256 e. The van der Waals surface area contributed by atoms with Gasteiger partial charge in [0, 0.05) is 5.56 Å². The number of halogens is 1. The van der Waals surface area contributed by atoms with Crippen LogP contribution in [0.25, 0.3) is 11.2 Å². The molecule has 1 aliphatic rings. The van der Waals surface area contributed by atoms with Crippen LogP contribution in [0.4, 0.5) is 10.2 Å². The average molecular weight is 488 g/mol. The van der Waals surface area contributed by atoms with Crippen molar-refractivity contribution in [1.82, 2.24) is 19.5 Å². The van der Waals surface area contributed by atoms with Crippen LogP contribution in [0.2, 0.25) is 18.1 Å². The van der Waals surface area contributed by atoms with E-state index in [1.54, 1.807) is 28.8 Å². The average Bonchev–Trinajstić information content (AvgIpc) is 3.35. The van der Waals surface area contributed by atoms with Gasteiger partial charge in [0.05, 0.1) is 12.9 Å². The second kappa shape index (κ2) is 9.14. The number of alkyl halides is 1. The monoisotopic (exact) mass is 487 g/mol. The number of nitrogens with zero attached hydrogens (tertiary/aromatic N) is 4. The van der Waals surface area contributed by atoms with E-state index in [0.29, 0.717) is 16.7 Å². The summed E-state index contributed by atoms with van der Waals surface area (Å²) >= 11 is 0. The SMILES string of the molecule is CC(C)(C)[Si](C)(C)O[C@@H]1[C@H](F)[C@@H](CO)O[C@H]1n1cnc2c(NC(=O)c3ccccc3)ncnc21. The molecule has 9 nitrogen and oxygen atoms in total. The van der Waals surface area contributed by atoms with E-state index in [2.05, 4.69) is 41.0 Å². The van der Waals surface area contributed by atoms with Gasteiger partial charge in [-0.05, 0) is 30.3 Å². The first-order valence-electron chi connectivity index (χ1n) is 11.2. The highest BCUT2D eigenvalue weighted by Crippen LogP contribution is 2.43. The Morgan fingerprint density at radius 2 is 1.94 bits per heavy atom. The third kappa shape index (κ3) is 4.48. The van der Waals surface area contributed by atoms with Crippen LogP contribution in [0.1, 0.15) is 37.4 Å². The maximum absolute atomic E-state index is 15.3. The molecule has 1 aromatic carbocycles. The van der Waals surface area contributed by atoms with Crippen molar-refractivity contribution in [3.8, 4) is 0 Å². The fourth-order valence-electron chi connectivity index (χ4n) is 3.61. The van der Waals surface area contributed by atoms with Gasteiger partial charge in [-0.15, -0.1) is 0 Å². The molecule has 1 saturated heterocycles. The van der Waals surface area contributed by atoms with Crippen LogP contribution in [0, 0.1) is 0 Å². The molecule has 0 aliphatic carbocycles. The number of carbonyl (C=O) groups excluding carboxylic acids is 1. The minimum atomic E-state index is -2.37. The molecule has 1 fully saturated rings. The molecular formula is C23H30FN5O4Si. The van der Waals surface area contributed by atoms with E-state index < -0.39 is 39.5 Å². The molecule has 0 saturated carbocycles. The number of aromatic nitrogens is 4. The van der Waals surface area contributed by atoms with Gasteiger partial charge in [0.25, 0.3) is 5.91 Å². The molecule has 3 heterocycles. The fourth-order valence-corrected chi connectivity index (χ4v) is 4.89. The topological polar surface area (TPSA) is 111 Å². The summed E-state index contributed by atoms with van der Waals surface area (Å²) in [6.45, 7) is 9.81. The number of carbonyl (C=O) groups is 1. The van der Waals surface area contributed by atoms with Gasteiger partial charge in [0.2, 0.25) is 0 Å². The maximum atomic E-state index is 15.3. The molecule has 34 heavy (non-hydrogen) atoms.